The average Bonchev–Trinajstić information content (AvgIpc) is 3.54. The van der Waals surface area contributed by atoms with E-state index in [1.807, 2.05) is 35.2 Å². The summed E-state index contributed by atoms with van der Waals surface area (Å²) in [5.41, 5.74) is 3.42. The molecule has 0 unspecified atom stereocenters. The quantitative estimate of drug-likeness (QED) is 0.223. The summed E-state index contributed by atoms with van der Waals surface area (Å²) in [5, 5.41) is 33.7. The molecule has 12 nitrogen and oxygen atoms in total. The van der Waals surface area contributed by atoms with Gasteiger partial charge in [0.25, 0.3) is 0 Å². The second-order valence-corrected chi connectivity index (χ2v) is 12.0. The van der Waals surface area contributed by atoms with E-state index in [0.29, 0.717) is 33.9 Å². The molecule has 4 aliphatic rings. The highest BCUT2D eigenvalue weighted by atomic mass is 16.7. The summed E-state index contributed by atoms with van der Waals surface area (Å²) >= 11 is 0. The molecule has 242 valence electrons. The smallest absolute Gasteiger partial charge is 0.308 e. The predicted molar refractivity (Wildman–Crippen MR) is 166 cm³/mol. The summed E-state index contributed by atoms with van der Waals surface area (Å²) in [5.74, 6) is -0.509. The molecular formula is C35H33N3O9. The van der Waals surface area contributed by atoms with Crippen LogP contribution in [0.15, 0.2) is 36.0 Å². The van der Waals surface area contributed by atoms with E-state index < -0.39 is 35.9 Å². The first-order valence-corrected chi connectivity index (χ1v) is 15.1. The van der Waals surface area contributed by atoms with Crippen molar-refractivity contribution >= 4 is 17.8 Å². The minimum atomic E-state index is -1.05. The van der Waals surface area contributed by atoms with Gasteiger partial charge >= 0.3 is 5.97 Å². The molecule has 0 aliphatic carbocycles. The van der Waals surface area contributed by atoms with Crippen molar-refractivity contribution < 1.29 is 43.5 Å². The van der Waals surface area contributed by atoms with Gasteiger partial charge in [0, 0.05) is 40.4 Å². The number of hydrogen-bond acceptors (Lipinski definition) is 12. The van der Waals surface area contributed by atoms with Crippen LogP contribution in [-0.4, -0.2) is 71.4 Å². The van der Waals surface area contributed by atoms with Gasteiger partial charge in [0.05, 0.1) is 44.0 Å². The highest BCUT2D eigenvalue weighted by molar-refractivity contribution is 6.07. The van der Waals surface area contributed by atoms with Crippen molar-refractivity contribution in [3.05, 3.63) is 75.0 Å². The number of likely N-dealkylation sites (N-methyl/N-ethyl adjacent to an activating group) is 1. The van der Waals surface area contributed by atoms with Crippen LogP contribution in [-0.2, 0) is 16.1 Å². The Morgan fingerprint density at radius 3 is 2.47 bits per heavy atom. The number of methoxy groups -OCH3 is 1. The molecule has 4 heterocycles. The Morgan fingerprint density at radius 2 is 1.79 bits per heavy atom. The van der Waals surface area contributed by atoms with Crippen LogP contribution in [0.1, 0.15) is 62.7 Å². The fourth-order valence-electron chi connectivity index (χ4n) is 7.51. The van der Waals surface area contributed by atoms with Crippen LogP contribution in [0.3, 0.4) is 0 Å². The molecule has 0 spiro atoms. The lowest BCUT2D eigenvalue weighted by Gasteiger charge is -2.56. The fraction of sp³-hybridized carbons (Fsp3) is 0.343. The molecule has 1 fully saturated rings. The van der Waals surface area contributed by atoms with E-state index in [0.717, 1.165) is 5.56 Å². The van der Waals surface area contributed by atoms with Crippen LogP contribution >= 0.6 is 0 Å². The molecule has 1 saturated heterocycles. The lowest BCUT2D eigenvalue weighted by atomic mass is 9.74. The zero-order valence-corrected chi connectivity index (χ0v) is 26.5. The van der Waals surface area contributed by atoms with Gasteiger partial charge in [-0.3, -0.25) is 14.5 Å². The number of ether oxygens (including phenoxy) is 5. The second kappa shape index (κ2) is 11.2. The molecule has 7 rings (SSSR count). The van der Waals surface area contributed by atoms with Crippen molar-refractivity contribution in [3.63, 3.8) is 0 Å². The van der Waals surface area contributed by atoms with Gasteiger partial charge in [-0.15, -0.1) is 0 Å². The van der Waals surface area contributed by atoms with Crippen LogP contribution in [0.25, 0.3) is 6.08 Å². The van der Waals surface area contributed by atoms with Crippen molar-refractivity contribution in [2.75, 3.05) is 27.6 Å². The number of nitrogens with zero attached hydrogens (tertiary/aromatic N) is 3. The van der Waals surface area contributed by atoms with Gasteiger partial charge in [-0.25, -0.2) is 0 Å². The van der Waals surface area contributed by atoms with E-state index in [2.05, 4.69) is 6.07 Å². The number of esters is 1. The second-order valence-electron chi connectivity index (χ2n) is 12.0. The number of Topliss-reactive ketones (excluding diaryl/α,β-unsaturated/α-hetero) is 1. The topological polar surface area (TPSA) is 151 Å². The van der Waals surface area contributed by atoms with E-state index in [1.54, 1.807) is 31.9 Å². The maximum atomic E-state index is 14.3. The van der Waals surface area contributed by atoms with Gasteiger partial charge in [0.2, 0.25) is 6.79 Å². The van der Waals surface area contributed by atoms with E-state index in [-0.39, 0.29) is 59.7 Å². The lowest BCUT2D eigenvalue weighted by molar-refractivity contribution is -0.131. The molecule has 47 heavy (non-hydrogen) atoms. The van der Waals surface area contributed by atoms with Crippen molar-refractivity contribution in [2.45, 2.75) is 51.5 Å². The number of ketones is 1. The normalized spacial score (nSPS) is 22.1. The summed E-state index contributed by atoms with van der Waals surface area (Å²) in [7, 11) is 3.08. The van der Waals surface area contributed by atoms with Gasteiger partial charge in [-0.2, -0.15) is 5.26 Å². The Bertz CT molecular complexity index is 1920. The Balaban J connectivity index is 1.51. The zero-order chi connectivity index (χ0) is 33.3. The molecule has 0 aromatic heterocycles. The number of carbonyl (C=O) groups is 2. The maximum Gasteiger partial charge on any atom is 0.308 e. The van der Waals surface area contributed by atoms with Crippen molar-refractivity contribution in [1.29, 1.82) is 5.26 Å². The summed E-state index contributed by atoms with van der Waals surface area (Å²) < 4.78 is 29.5. The third kappa shape index (κ3) is 4.34. The first kappa shape index (κ1) is 30.4. The first-order chi connectivity index (χ1) is 22.6. The number of hydrogen-bond donors (Lipinski definition) is 2. The van der Waals surface area contributed by atoms with E-state index in [9.17, 15) is 25.1 Å². The minimum absolute atomic E-state index is 0.0363. The van der Waals surface area contributed by atoms with Crippen LogP contribution in [0.2, 0.25) is 0 Å². The van der Waals surface area contributed by atoms with Crippen LogP contribution in [0.4, 0.5) is 0 Å². The van der Waals surface area contributed by atoms with Crippen LogP contribution < -0.4 is 18.9 Å². The highest BCUT2D eigenvalue weighted by Crippen LogP contribution is 2.60. The molecule has 3 aromatic carbocycles. The van der Waals surface area contributed by atoms with Gasteiger partial charge < -0.3 is 38.8 Å². The Hall–Kier alpha value is -5.25. The molecule has 2 N–H and O–H groups in total. The van der Waals surface area contributed by atoms with Crippen molar-refractivity contribution in [2.24, 2.45) is 0 Å². The van der Waals surface area contributed by atoms with Gasteiger partial charge in [0.15, 0.2) is 28.8 Å². The average molecular weight is 640 g/mol. The Morgan fingerprint density at radius 1 is 1.06 bits per heavy atom. The number of aromatic hydroxyl groups is 2. The molecule has 2 bridgehead atoms. The van der Waals surface area contributed by atoms with Gasteiger partial charge in [0.1, 0.15) is 23.6 Å². The number of fused-ring (bicyclic) bond motifs is 9. The molecule has 0 amide bonds. The molecule has 12 heteroatoms. The number of piperazine rings is 1. The number of phenolic OH excluding ortho intramolecular Hbond substituents is 2. The summed E-state index contributed by atoms with van der Waals surface area (Å²) in [6.07, 6.45) is 1.79. The lowest BCUT2D eigenvalue weighted by Crippen LogP contribution is -2.64. The summed E-state index contributed by atoms with van der Waals surface area (Å²) in [6.45, 7) is 4.88. The number of nitriles is 1. The van der Waals surface area contributed by atoms with Gasteiger partial charge in [-0.1, -0.05) is 30.3 Å². The number of rotatable bonds is 6. The zero-order valence-electron chi connectivity index (χ0n) is 26.5. The molecule has 4 atom stereocenters. The summed E-state index contributed by atoms with van der Waals surface area (Å²) in [4.78, 5) is 30.3. The molecular weight excluding hydrogens is 606 g/mol. The third-order valence-electron chi connectivity index (χ3n) is 9.49. The van der Waals surface area contributed by atoms with Crippen molar-refractivity contribution in [1.82, 2.24) is 9.80 Å². The predicted octanol–water partition coefficient (Wildman–Crippen LogP) is 4.44. The highest BCUT2D eigenvalue weighted by Gasteiger charge is 2.57. The van der Waals surface area contributed by atoms with E-state index in [4.69, 9.17) is 23.7 Å². The summed E-state index contributed by atoms with van der Waals surface area (Å²) in [6, 6.07) is 8.36. The number of phenols is 2. The number of carbonyl (C=O) groups excluding carboxylic acids is 2. The largest absolute Gasteiger partial charge is 0.507 e. The Kier molecular flexibility index (Phi) is 7.26. The molecule has 0 radical (unpaired) electrons. The van der Waals surface area contributed by atoms with E-state index in [1.165, 1.54) is 14.0 Å². The standard InChI is InChI=1S/C35H33N3O9/c1-16-29(40)26-25(31(42)33(16)43-5)27-21-11-20-24(35-34(45-15-46-35)17(2)32(20)47-18(3)39)23(14-44-13-19-9-7-6-8-10-19)38(21)22(12-36)28(30(26)41)37(27)4/h6-11,22-23,27-28,40,42H,13-15H2,1-5H3/t22-,23-,27-,28+/m0/s1. The van der Waals surface area contributed by atoms with Crippen LogP contribution in [0.5, 0.6) is 34.5 Å². The molecule has 0 saturated carbocycles. The van der Waals surface area contributed by atoms with E-state index >= 15 is 0 Å². The molecule has 4 aliphatic heterocycles. The van der Waals surface area contributed by atoms with Crippen LogP contribution in [0, 0.1) is 25.2 Å². The van der Waals surface area contributed by atoms with Crippen molar-refractivity contribution in [3.8, 4) is 40.6 Å². The first-order valence-electron chi connectivity index (χ1n) is 15.1. The third-order valence-corrected chi connectivity index (χ3v) is 9.49. The maximum absolute atomic E-state index is 14.3. The fourth-order valence-corrected chi connectivity index (χ4v) is 7.51. The van der Waals surface area contributed by atoms with Gasteiger partial charge in [-0.05, 0) is 32.5 Å². The number of benzene rings is 3. The monoisotopic (exact) mass is 639 g/mol. The minimum Gasteiger partial charge on any atom is -0.507 e. The molecule has 3 aromatic rings. The SMILES string of the molecule is COc1c(C)c(O)c2c(c1O)[C@@H]1C3=Cc4c(OC(C)=O)c(C)c5c(c4[C@H](COCc4ccccc4)N3[C@@H](C#N)[C@H](C2=O)N1C)OCO5. The Labute approximate surface area is 270 Å².